The molecule has 2 saturated heterocycles. The highest BCUT2D eigenvalue weighted by molar-refractivity contribution is 7.88. The van der Waals surface area contributed by atoms with E-state index >= 15 is 0 Å². The first kappa shape index (κ1) is 29.7. The zero-order valence-corrected chi connectivity index (χ0v) is 24.1. The SMILES string of the molecule is C[C@@]1(O)CCN(Cc2ccc(-n3cnc(-c4nc(NC5CCN(S(C)(=O)=O)CC5)ncc4C(F)(F)F)c3)c(Cl)c2)C1. The Bertz CT molecular complexity index is 1520. The zero-order chi connectivity index (χ0) is 29.6. The minimum Gasteiger partial charge on any atom is -0.389 e. The van der Waals surface area contributed by atoms with Crippen LogP contribution in [0.5, 0.6) is 0 Å². The molecule has 2 fully saturated rings. The third-order valence-corrected chi connectivity index (χ3v) is 9.01. The summed E-state index contributed by atoms with van der Waals surface area (Å²) in [6, 6.07) is 5.26. The molecule has 2 aliphatic rings. The van der Waals surface area contributed by atoms with Crippen molar-refractivity contribution in [2.24, 2.45) is 0 Å². The number of benzene rings is 1. The number of aromatic nitrogens is 4. The van der Waals surface area contributed by atoms with Crippen molar-refractivity contribution in [1.82, 2.24) is 28.7 Å². The van der Waals surface area contributed by atoms with Crippen LogP contribution in [0.2, 0.25) is 5.02 Å². The average molecular weight is 614 g/mol. The van der Waals surface area contributed by atoms with Gasteiger partial charge >= 0.3 is 6.18 Å². The Morgan fingerprint density at radius 1 is 1.20 bits per heavy atom. The quantitative estimate of drug-likeness (QED) is 0.414. The maximum Gasteiger partial charge on any atom is 0.420 e. The van der Waals surface area contributed by atoms with E-state index in [1.54, 1.807) is 16.7 Å². The number of likely N-dealkylation sites (tertiary alicyclic amines) is 1. The number of hydrogen-bond donors (Lipinski definition) is 2. The number of alkyl halides is 3. The molecule has 3 aromatic rings. The van der Waals surface area contributed by atoms with Crippen LogP contribution in [0.4, 0.5) is 19.1 Å². The van der Waals surface area contributed by atoms with Gasteiger partial charge in [-0.15, -0.1) is 0 Å². The molecule has 0 amide bonds. The topological polar surface area (TPSA) is 116 Å². The number of hydrogen-bond acceptors (Lipinski definition) is 8. The Labute approximate surface area is 241 Å². The number of sulfonamides is 1. The molecular weight excluding hydrogens is 583 g/mol. The third-order valence-electron chi connectivity index (χ3n) is 7.40. The normalized spacial score (nSPS) is 21.4. The number of nitrogens with one attached hydrogen (secondary N) is 1. The summed E-state index contributed by atoms with van der Waals surface area (Å²) >= 11 is 6.56. The lowest BCUT2D eigenvalue weighted by atomic mass is 10.1. The molecule has 0 unspecified atom stereocenters. The van der Waals surface area contributed by atoms with Crippen molar-refractivity contribution in [3.05, 3.63) is 53.1 Å². The van der Waals surface area contributed by atoms with Gasteiger partial charge in [0.15, 0.2) is 0 Å². The van der Waals surface area contributed by atoms with Gasteiger partial charge in [0.25, 0.3) is 0 Å². The molecule has 15 heteroatoms. The summed E-state index contributed by atoms with van der Waals surface area (Å²) < 4.78 is 68.1. The fourth-order valence-corrected chi connectivity index (χ4v) is 6.41. The van der Waals surface area contributed by atoms with E-state index in [-0.39, 0.29) is 23.4 Å². The monoisotopic (exact) mass is 613 g/mol. The molecule has 1 aromatic carbocycles. The summed E-state index contributed by atoms with van der Waals surface area (Å²) in [5, 5.41) is 13.7. The maximum atomic E-state index is 13.9. The van der Waals surface area contributed by atoms with E-state index in [9.17, 15) is 26.7 Å². The molecule has 10 nitrogen and oxygen atoms in total. The number of piperidine rings is 1. The van der Waals surface area contributed by atoms with Crippen molar-refractivity contribution in [2.45, 2.75) is 50.6 Å². The number of anilines is 1. The predicted molar refractivity (Wildman–Crippen MR) is 148 cm³/mol. The smallest absolute Gasteiger partial charge is 0.389 e. The van der Waals surface area contributed by atoms with Gasteiger partial charge in [-0.05, 0) is 43.9 Å². The van der Waals surface area contributed by atoms with Crippen molar-refractivity contribution < 1.29 is 26.7 Å². The van der Waals surface area contributed by atoms with Gasteiger partial charge in [0.05, 0.1) is 22.6 Å². The van der Waals surface area contributed by atoms with Crippen LogP contribution in [0, 0.1) is 0 Å². The minimum atomic E-state index is -4.71. The molecule has 0 aliphatic carbocycles. The van der Waals surface area contributed by atoms with E-state index in [1.807, 2.05) is 13.0 Å². The Kier molecular flexibility index (Phi) is 8.07. The standard InChI is InChI=1S/C26H31ClF3N7O3S/c1-25(38)7-10-35(15-25)13-17-3-4-22(20(27)11-17)36-14-21(32-16-36)23-19(26(28,29)30)12-31-24(34-23)33-18-5-8-37(9-6-18)41(2,39)40/h3-4,11-12,14,16,18,38H,5-10,13,15H2,1-2H3,(H,31,33,34)/t25-/m1/s1. The van der Waals surface area contributed by atoms with Crippen LogP contribution in [0.1, 0.15) is 37.3 Å². The molecule has 5 rings (SSSR count). The van der Waals surface area contributed by atoms with Gasteiger partial charge < -0.3 is 15.0 Å². The van der Waals surface area contributed by atoms with Crippen molar-refractivity contribution >= 4 is 27.6 Å². The number of nitrogens with zero attached hydrogens (tertiary/aromatic N) is 6. The molecule has 4 heterocycles. The first-order valence-corrected chi connectivity index (χ1v) is 15.3. The molecule has 2 N–H and O–H groups in total. The van der Waals surface area contributed by atoms with Gasteiger partial charge in [0.2, 0.25) is 16.0 Å². The molecular formula is C26H31ClF3N7O3S. The van der Waals surface area contributed by atoms with Crippen molar-refractivity contribution in [1.29, 1.82) is 0 Å². The second-order valence-electron chi connectivity index (χ2n) is 10.9. The Morgan fingerprint density at radius 3 is 2.54 bits per heavy atom. The average Bonchev–Trinajstić information content (AvgIpc) is 3.49. The summed E-state index contributed by atoms with van der Waals surface area (Å²) in [5.41, 5.74) is -0.627. The molecule has 0 saturated carbocycles. The van der Waals surface area contributed by atoms with Crippen LogP contribution < -0.4 is 5.32 Å². The van der Waals surface area contributed by atoms with Crippen LogP contribution in [0.25, 0.3) is 17.1 Å². The minimum absolute atomic E-state index is 0.00336. The molecule has 0 radical (unpaired) electrons. The van der Waals surface area contributed by atoms with Crippen molar-refractivity contribution in [3.63, 3.8) is 0 Å². The Hall–Kier alpha value is -2.78. The maximum absolute atomic E-state index is 13.9. The second kappa shape index (κ2) is 11.1. The molecule has 1 atom stereocenters. The van der Waals surface area contributed by atoms with Crippen LogP contribution in [-0.2, 0) is 22.7 Å². The van der Waals surface area contributed by atoms with Crippen LogP contribution in [0.15, 0.2) is 36.9 Å². The summed E-state index contributed by atoms with van der Waals surface area (Å²) in [6.45, 7) is 4.36. The van der Waals surface area contributed by atoms with Gasteiger partial charge in [-0.1, -0.05) is 17.7 Å². The van der Waals surface area contributed by atoms with Crippen LogP contribution in [0.3, 0.4) is 0 Å². The highest BCUT2D eigenvalue weighted by Crippen LogP contribution is 2.36. The summed E-state index contributed by atoms with van der Waals surface area (Å²) in [4.78, 5) is 14.4. The van der Waals surface area contributed by atoms with Crippen molar-refractivity contribution in [2.75, 3.05) is 37.8 Å². The number of β-amino-alcohol motifs (C(OH)–C–C–N with tert-alkyl or cyclic N) is 1. The van der Waals surface area contributed by atoms with E-state index in [2.05, 4.69) is 25.2 Å². The van der Waals surface area contributed by atoms with E-state index in [0.29, 0.717) is 56.2 Å². The molecule has 2 aromatic heterocycles. The van der Waals surface area contributed by atoms with Gasteiger partial charge in [0.1, 0.15) is 23.3 Å². The highest BCUT2D eigenvalue weighted by Gasteiger charge is 2.36. The number of halogens is 4. The molecule has 0 spiro atoms. The zero-order valence-electron chi connectivity index (χ0n) is 22.6. The number of rotatable bonds is 7. The van der Waals surface area contributed by atoms with Gasteiger partial charge in [0, 0.05) is 51.2 Å². The summed E-state index contributed by atoms with van der Waals surface area (Å²) in [7, 11) is -3.30. The first-order chi connectivity index (χ1) is 19.2. The van der Waals surface area contributed by atoms with E-state index in [0.717, 1.165) is 24.6 Å². The lowest BCUT2D eigenvalue weighted by Crippen LogP contribution is -2.42. The predicted octanol–water partition coefficient (Wildman–Crippen LogP) is 3.79. The highest BCUT2D eigenvalue weighted by atomic mass is 35.5. The van der Waals surface area contributed by atoms with Crippen LogP contribution in [-0.4, -0.2) is 86.3 Å². The van der Waals surface area contributed by atoms with E-state index in [4.69, 9.17) is 11.6 Å². The lowest BCUT2D eigenvalue weighted by molar-refractivity contribution is -0.137. The molecule has 2 aliphatic heterocycles. The van der Waals surface area contributed by atoms with E-state index in [1.165, 1.54) is 16.8 Å². The second-order valence-corrected chi connectivity index (χ2v) is 13.3. The van der Waals surface area contributed by atoms with Gasteiger partial charge in [-0.3, -0.25) is 4.90 Å². The fourth-order valence-electron chi connectivity index (χ4n) is 5.24. The first-order valence-electron chi connectivity index (χ1n) is 13.1. The Balaban J connectivity index is 1.35. The van der Waals surface area contributed by atoms with E-state index < -0.39 is 27.4 Å². The molecule has 41 heavy (non-hydrogen) atoms. The molecule has 0 bridgehead atoms. The lowest BCUT2D eigenvalue weighted by Gasteiger charge is -2.30. The fraction of sp³-hybridized carbons (Fsp3) is 0.500. The number of aliphatic hydroxyl groups is 1. The van der Waals surface area contributed by atoms with Crippen molar-refractivity contribution in [3.8, 4) is 17.1 Å². The number of imidazole rings is 1. The largest absolute Gasteiger partial charge is 0.420 e. The van der Waals surface area contributed by atoms with Crippen LogP contribution >= 0.6 is 11.6 Å². The summed E-state index contributed by atoms with van der Waals surface area (Å²) in [6.07, 6.45) is 1.60. The summed E-state index contributed by atoms with van der Waals surface area (Å²) in [5.74, 6) is 0.00336. The third kappa shape index (κ3) is 7.00. The molecule has 222 valence electrons. The van der Waals surface area contributed by atoms with Gasteiger partial charge in [-0.25, -0.2) is 27.7 Å². The Morgan fingerprint density at radius 2 is 1.93 bits per heavy atom. The van der Waals surface area contributed by atoms with Gasteiger partial charge in [-0.2, -0.15) is 13.2 Å².